The fourth-order valence-electron chi connectivity index (χ4n) is 4.20. The van der Waals surface area contributed by atoms with Crippen LogP contribution in [0.2, 0.25) is 0 Å². The summed E-state index contributed by atoms with van der Waals surface area (Å²) in [6.07, 6.45) is 0.828. The minimum Gasteiger partial charge on any atom is -0.375 e. The molecule has 0 aliphatic carbocycles. The first-order valence-corrected chi connectivity index (χ1v) is 13.1. The molecule has 0 radical (unpaired) electrons. The molecule has 0 spiro atoms. The van der Waals surface area contributed by atoms with E-state index < -0.39 is 0 Å². The second-order valence-electron chi connectivity index (χ2n) is 8.46. The number of hydrogen-bond acceptors (Lipinski definition) is 4. The average molecular weight is 557 g/mol. The third-order valence-electron chi connectivity index (χ3n) is 5.92. The lowest BCUT2D eigenvalue weighted by molar-refractivity contribution is -0.131. The van der Waals surface area contributed by atoms with E-state index in [1.54, 1.807) is 0 Å². The van der Waals surface area contributed by atoms with Crippen molar-refractivity contribution in [3.05, 3.63) is 108 Å². The predicted molar refractivity (Wildman–Crippen MR) is 140 cm³/mol. The summed E-state index contributed by atoms with van der Waals surface area (Å²) >= 11 is 2.45. The summed E-state index contributed by atoms with van der Waals surface area (Å²) in [5.74, 6) is 0. The van der Waals surface area contributed by atoms with Gasteiger partial charge in [-0.3, -0.25) is 0 Å². The molecule has 0 bridgehead atoms. The van der Waals surface area contributed by atoms with Crippen LogP contribution >= 0.6 is 22.6 Å². The largest absolute Gasteiger partial charge is 0.375 e. The van der Waals surface area contributed by atoms with E-state index >= 15 is 0 Å². The molecule has 5 heteroatoms. The van der Waals surface area contributed by atoms with Crippen molar-refractivity contribution < 1.29 is 14.2 Å². The van der Waals surface area contributed by atoms with Gasteiger partial charge in [0.15, 0.2) is 0 Å². The van der Waals surface area contributed by atoms with Gasteiger partial charge in [0, 0.05) is 10.5 Å². The molecule has 0 amide bonds. The number of alkyl halides is 1. The Kier molecular flexibility index (Phi) is 9.75. The monoisotopic (exact) mass is 557 g/mol. The van der Waals surface area contributed by atoms with Gasteiger partial charge in [-0.05, 0) is 23.1 Å². The fourth-order valence-corrected chi connectivity index (χ4v) is 4.81. The van der Waals surface area contributed by atoms with Gasteiger partial charge in [0.25, 0.3) is 0 Å². The van der Waals surface area contributed by atoms with Crippen molar-refractivity contribution in [3.63, 3.8) is 0 Å². The number of piperidine rings is 1. The Morgan fingerprint density at radius 1 is 0.697 bits per heavy atom. The SMILES string of the molecule is IC[C@@H]1C[C@@H](OCc2ccccc2)[C@H](OCc2ccccc2)[C@@H](COCc2ccccc2)N1. The molecule has 1 fully saturated rings. The first kappa shape index (κ1) is 24.4. The lowest BCUT2D eigenvalue weighted by atomic mass is 9.93. The highest BCUT2D eigenvalue weighted by Crippen LogP contribution is 2.25. The molecule has 0 saturated carbocycles. The highest BCUT2D eigenvalue weighted by atomic mass is 127. The van der Waals surface area contributed by atoms with E-state index in [-0.39, 0.29) is 18.2 Å². The highest BCUT2D eigenvalue weighted by Gasteiger charge is 2.39. The molecule has 33 heavy (non-hydrogen) atoms. The van der Waals surface area contributed by atoms with Crippen LogP contribution in [0.25, 0.3) is 0 Å². The van der Waals surface area contributed by atoms with Crippen molar-refractivity contribution in [3.8, 4) is 0 Å². The molecule has 1 saturated heterocycles. The van der Waals surface area contributed by atoms with Crippen LogP contribution in [-0.2, 0) is 34.0 Å². The maximum absolute atomic E-state index is 6.51. The van der Waals surface area contributed by atoms with Gasteiger partial charge in [-0.15, -0.1) is 0 Å². The lowest BCUT2D eigenvalue weighted by Gasteiger charge is -2.42. The van der Waals surface area contributed by atoms with E-state index in [1.165, 1.54) is 16.7 Å². The molecule has 1 aliphatic rings. The summed E-state index contributed by atoms with van der Waals surface area (Å²) in [7, 11) is 0. The van der Waals surface area contributed by atoms with E-state index in [0.717, 1.165) is 10.8 Å². The molecular formula is C28H32INO3. The maximum atomic E-state index is 6.51. The van der Waals surface area contributed by atoms with Crippen LogP contribution in [0.4, 0.5) is 0 Å². The summed E-state index contributed by atoms with van der Waals surface area (Å²) in [4.78, 5) is 0. The molecule has 0 aromatic heterocycles. The second-order valence-corrected chi connectivity index (χ2v) is 9.34. The van der Waals surface area contributed by atoms with Crippen molar-refractivity contribution in [1.29, 1.82) is 0 Å². The van der Waals surface area contributed by atoms with Gasteiger partial charge in [-0.1, -0.05) is 114 Å². The van der Waals surface area contributed by atoms with Crippen molar-refractivity contribution in [2.24, 2.45) is 0 Å². The quantitative estimate of drug-likeness (QED) is 0.248. The zero-order valence-corrected chi connectivity index (χ0v) is 21.0. The van der Waals surface area contributed by atoms with E-state index in [2.05, 4.69) is 76.4 Å². The molecule has 4 rings (SSSR count). The van der Waals surface area contributed by atoms with Gasteiger partial charge in [0.1, 0.15) is 6.10 Å². The number of ether oxygens (including phenoxy) is 3. The van der Waals surface area contributed by atoms with Gasteiger partial charge in [-0.25, -0.2) is 0 Å². The van der Waals surface area contributed by atoms with E-state index in [0.29, 0.717) is 32.5 Å². The summed E-state index contributed by atoms with van der Waals surface area (Å²) < 4.78 is 20.1. The normalized spacial score (nSPS) is 22.8. The Morgan fingerprint density at radius 2 is 1.21 bits per heavy atom. The van der Waals surface area contributed by atoms with Gasteiger partial charge < -0.3 is 19.5 Å². The summed E-state index contributed by atoms with van der Waals surface area (Å²) in [5, 5.41) is 3.77. The second kappa shape index (κ2) is 13.2. The Balaban J connectivity index is 1.44. The zero-order valence-electron chi connectivity index (χ0n) is 18.8. The summed E-state index contributed by atoms with van der Waals surface area (Å²) in [6, 6.07) is 31.4. The summed E-state index contributed by atoms with van der Waals surface area (Å²) in [6.45, 7) is 2.31. The average Bonchev–Trinajstić information content (AvgIpc) is 2.88. The van der Waals surface area contributed by atoms with E-state index in [4.69, 9.17) is 14.2 Å². The first-order chi connectivity index (χ1) is 16.3. The third-order valence-corrected chi connectivity index (χ3v) is 6.98. The first-order valence-electron chi connectivity index (χ1n) is 11.6. The predicted octanol–water partition coefficient (Wildman–Crippen LogP) is 5.54. The van der Waals surface area contributed by atoms with Crippen LogP contribution in [0.15, 0.2) is 91.0 Å². The van der Waals surface area contributed by atoms with Gasteiger partial charge in [0.05, 0.1) is 38.6 Å². The zero-order chi connectivity index (χ0) is 22.7. The van der Waals surface area contributed by atoms with Crippen molar-refractivity contribution in [1.82, 2.24) is 5.32 Å². The molecular weight excluding hydrogens is 525 g/mol. The molecule has 3 aromatic rings. The van der Waals surface area contributed by atoms with Crippen LogP contribution in [0.3, 0.4) is 0 Å². The minimum absolute atomic E-state index is 0.000240. The number of halogens is 1. The standard InChI is InChI=1S/C28H32INO3/c29-17-25-16-27(32-19-23-12-6-2-7-13-23)28(33-20-24-14-8-3-9-15-24)26(30-25)21-31-18-22-10-4-1-5-11-22/h1-15,25-28,30H,16-21H2/t25-,26+,27+,28+/m0/s1. The number of rotatable bonds is 11. The Morgan fingerprint density at radius 3 is 1.76 bits per heavy atom. The molecule has 0 unspecified atom stereocenters. The van der Waals surface area contributed by atoms with Crippen molar-refractivity contribution >= 4 is 22.6 Å². The lowest BCUT2D eigenvalue weighted by Crippen LogP contribution is -2.60. The summed E-state index contributed by atoms with van der Waals surface area (Å²) in [5.41, 5.74) is 3.53. The molecule has 1 aliphatic heterocycles. The van der Waals surface area contributed by atoms with Gasteiger partial charge in [0.2, 0.25) is 0 Å². The van der Waals surface area contributed by atoms with Crippen LogP contribution < -0.4 is 5.32 Å². The van der Waals surface area contributed by atoms with Crippen LogP contribution in [0, 0.1) is 0 Å². The molecule has 1 heterocycles. The fraction of sp³-hybridized carbons (Fsp3) is 0.357. The van der Waals surface area contributed by atoms with Gasteiger partial charge in [-0.2, -0.15) is 0 Å². The van der Waals surface area contributed by atoms with Crippen LogP contribution in [-0.4, -0.2) is 35.3 Å². The maximum Gasteiger partial charge on any atom is 0.102 e. The highest BCUT2D eigenvalue weighted by molar-refractivity contribution is 14.1. The van der Waals surface area contributed by atoms with E-state index in [9.17, 15) is 0 Å². The molecule has 4 atom stereocenters. The number of hydrogen-bond donors (Lipinski definition) is 1. The minimum atomic E-state index is -0.0936. The van der Waals surface area contributed by atoms with Gasteiger partial charge >= 0.3 is 0 Å². The Hall–Kier alpha value is -1.77. The molecule has 3 aromatic carbocycles. The topological polar surface area (TPSA) is 39.7 Å². The number of benzene rings is 3. The molecule has 4 nitrogen and oxygen atoms in total. The number of nitrogens with one attached hydrogen (secondary N) is 1. The van der Waals surface area contributed by atoms with Crippen molar-refractivity contribution in [2.45, 2.75) is 50.5 Å². The third kappa shape index (κ3) is 7.62. The van der Waals surface area contributed by atoms with Crippen LogP contribution in [0.1, 0.15) is 23.1 Å². The van der Waals surface area contributed by atoms with Crippen LogP contribution in [0.5, 0.6) is 0 Å². The molecule has 174 valence electrons. The van der Waals surface area contributed by atoms with E-state index in [1.807, 2.05) is 42.5 Å². The Bertz CT molecular complexity index is 926. The Labute approximate surface area is 210 Å². The van der Waals surface area contributed by atoms with Crippen molar-refractivity contribution in [2.75, 3.05) is 11.0 Å². The molecule has 1 N–H and O–H groups in total. The smallest absolute Gasteiger partial charge is 0.102 e.